The van der Waals surface area contributed by atoms with E-state index in [1.165, 1.54) is 50.3 Å². The van der Waals surface area contributed by atoms with Gasteiger partial charge < -0.3 is 4.90 Å². The third kappa shape index (κ3) is 4.57. The summed E-state index contributed by atoms with van der Waals surface area (Å²) in [4.78, 5) is 18.8. The monoisotopic (exact) mass is 360 g/mol. The average molecular weight is 360 g/mol. The summed E-state index contributed by atoms with van der Waals surface area (Å²) in [6.07, 6.45) is 8.77. The van der Waals surface area contributed by atoms with Gasteiger partial charge in [-0.15, -0.1) is 0 Å². The van der Waals surface area contributed by atoms with E-state index in [4.69, 9.17) is 0 Å². The number of amides is 1. The van der Waals surface area contributed by atoms with Crippen LogP contribution in [-0.4, -0.2) is 29.6 Å². The number of rotatable bonds is 6. The molecule has 0 N–H and O–H groups in total. The minimum atomic E-state index is -0.603. The van der Waals surface area contributed by atoms with E-state index < -0.39 is 11.6 Å². The Labute approximate surface area is 153 Å². The highest BCUT2D eigenvalue weighted by atomic mass is 19.1. The van der Waals surface area contributed by atoms with Gasteiger partial charge in [0.2, 0.25) is 0 Å². The first kappa shape index (κ1) is 18.7. The highest BCUT2D eigenvalue weighted by Gasteiger charge is 2.24. The van der Waals surface area contributed by atoms with Crippen molar-refractivity contribution < 1.29 is 13.6 Å². The Kier molecular flexibility index (Phi) is 6.17. The minimum absolute atomic E-state index is 0.0410. The minimum Gasteiger partial charge on any atom is -0.334 e. The molecule has 1 fully saturated rings. The number of hydrogen-bond acceptors (Lipinski definition) is 2. The fraction of sp³-hybridized carbons (Fsp3) is 0.524. The summed E-state index contributed by atoms with van der Waals surface area (Å²) in [7, 11) is 0. The van der Waals surface area contributed by atoms with Crippen LogP contribution in [0.4, 0.5) is 8.78 Å². The zero-order chi connectivity index (χ0) is 18.5. The fourth-order valence-corrected chi connectivity index (χ4v) is 3.83. The molecule has 3 nitrogen and oxygen atoms in total. The Morgan fingerprint density at radius 1 is 1.19 bits per heavy atom. The molecule has 0 aromatic heterocycles. The number of nitrogens with zero attached hydrogens (tertiary/aromatic N) is 2. The molecule has 3 rings (SSSR count). The van der Waals surface area contributed by atoms with Crippen molar-refractivity contribution in [2.24, 2.45) is 10.9 Å². The highest BCUT2D eigenvalue weighted by molar-refractivity contribution is 6.06. The predicted octanol–water partition coefficient (Wildman–Crippen LogP) is 4.66. The molecular weight excluding hydrogens is 334 g/mol. The van der Waals surface area contributed by atoms with Crippen molar-refractivity contribution in [1.82, 2.24) is 4.90 Å². The Bertz CT molecular complexity index is 700. The van der Waals surface area contributed by atoms with Gasteiger partial charge in [-0.25, -0.2) is 8.78 Å². The lowest BCUT2D eigenvalue weighted by molar-refractivity contribution is -0.128. The van der Waals surface area contributed by atoms with Gasteiger partial charge >= 0.3 is 0 Å². The van der Waals surface area contributed by atoms with Gasteiger partial charge in [0.1, 0.15) is 11.6 Å². The number of aliphatic imine (C=N–C) groups is 1. The first-order valence-corrected chi connectivity index (χ1v) is 9.48. The van der Waals surface area contributed by atoms with Crippen molar-refractivity contribution in [3.63, 3.8) is 0 Å². The first-order valence-electron chi connectivity index (χ1n) is 9.48. The Hall–Kier alpha value is -2.04. The maximum absolute atomic E-state index is 14.1. The molecule has 5 heteroatoms. The van der Waals surface area contributed by atoms with Crippen LogP contribution in [0, 0.1) is 17.6 Å². The Balaban J connectivity index is 1.74. The summed E-state index contributed by atoms with van der Waals surface area (Å²) in [5, 5.41) is 0. The number of halogens is 2. The molecule has 1 aliphatic heterocycles. The molecule has 0 atom stereocenters. The number of carbonyl (C=O) groups is 1. The summed E-state index contributed by atoms with van der Waals surface area (Å²) in [6, 6.07) is 3.83. The van der Waals surface area contributed by atoms with Crippen LogP contribution in [0.3, 0.4) is 0 Å². The van der Waals surface area contributed by atoms with Crippen LogP contribution >= 0.6 is 0 Å². The molecule has 0 unspecified atom stereocenters. The SMILES string of the molecule is CC1=NCC(C(=O)N(CCC2CCCCC2)Cc2c(F)cccc2F)=C1. The fourth-order valence-electron chi connectivity index (χ4n) is 3.83. The molecule has 0 bridgehead atoms. The van der Waals surface area contributed by atoms with Gasteiger partial charge in [-0.3, -0.25) is 9.79 Å². The molecular formula is C21H26F2N2O. The molecule has 140 valence electrons. The van der Waals surface area contributed by atoms with Crippen LogP contribution in [0.1, 0.15) is 51.0 Å². The third-order valence-electron chi connectivity index (χ3n) is 5.39. The quantitative estimate of drug-likeness (QED) is 0.726. The molecule has 0 spiro atoms. The highest BCUT2D eigenvalue weighted by Crippen LogP contribution is 2.27. The lowest BCUT2D eigenvalue weighted by Crippen LogP contribution is -2.34. The van der Waals surface area contributed by atoms with Crippen LogP contribution in [-0.2, 0) is 11.3 Å². The van der Waals surface area contributed by atoms with E-state index in [-0.39, 0.29) is 18.0 Å². The number of carbonyl (C=O) groups excluding carboxylic acids is 1. The zero-order valence-corrected chi connectivity index (χ0v) is 15.3. The molecule has 2 aliphatic rings. The van der Waals surface area contributed by atoms with E-state index in [1.54, 1.807) is 11.0 Å². The standard InChI is InChI=1S/C21H26F2N2O/c1-15-12-17(13-24-15)21(26)25(11-10-16-6-3-2-4-7-16)14-18-19(22)8-5-9-20(18)23/h5,8-9,12,16H,2-4,6-7,10-11,13-14H2,1H3. The summed E-state index contributed by atoms with van der Waals surface area (Å²) in [5.41, 5.74) is 1.38. The molecule has 1 heterocycles. The predicted molar refractivity (Wildman–Crippen MR) is 99.0 cm³/mol. The van der Waals surface area contributed by atoms with Gasteiger partial charge in [0, 0.05) is 23.4 Å². The number of allylic oxidation sites excluding steroid dienone is 1. The smallest absolute Gasteiger partial charge is 0.252 e. The maximum Gasteiger partial charge on any atom is 0.252 e. The number of hydrogen-bond donors (Lipinski definition) is 0. The van der Waals surface area contributed by atoms with Gasteiger partial charge in [0.05, 0.1) is 13.1 Å². The van der Waals surface area contributed by atoms with Crippen LogP contribution < -0.4 is 0 Å². The molecule has 26 heavy (non-hydrogen) atoms. The summed E-state index contributed by atoms with van der Waals surface area (Å²) >= 11 is 0. The normalized spacial score (nSPS) is 17.8. The largest absolute Gasteiger partial charge is 0.334 e. The van der Waals surface area contributed by atoms with Gasteiger partial charge in [0.25, 0.3) is 5.91 Å². The van der Waals surface area contributed by atoms with E-state index in [2.05, 4.69) is 4.99 Å². The Morgan fingerprint density at radius 3 is 2.50 bits per heavy atom. The average Bonchev–Trinajstić information content (AvgIpc) is 3.07. The molecule has 1 aromatic rings. The lowest BCUT2D eigenvalue weighted by atomic mass is 9.87. The topological polar surface area (TPSA) is 32.7 Å². The summed E-state index contributed by atoms with van der Waals surface area (Å²) in [6.45, 7) is 2.68. The van der Waals surface area contributed by atoms with Crippen molar-refractivity contribution in [3.8, 4) is 0 Å². The van der Waals surface area contributed by atoms with Crippen LogP contribution in [0.25, 0.3) is 0 Å². The van der Waals surface area contributed by atoms with E-state index in [9.17, 15) is 13.6 Å². The maximum atomic E-state index is 14.1. The van der Waals surface area contributed by atoms with Crippen molar-refractivity contribution >= 4 is 11.6 Å². The van der Waals surface area contributed by atoms with Crippen molar-refractivity contribution in [1.29, 1.82) is 0 Å². The molecule has 0 radical (unpaired) electrons. The van der Waals surface area contributed by atoms with E-state index in [1.807, 2.05) is 6.92 Å². The van der Waals surface area contributed by atoms with Gasteiger partial charge in [0.15, 0.2) is 0 Å². The van der Waals surface area contributed by atoms with Gasteiger partial charge in [-0.05, 0) is 37.5 Å². The number of benzene rings is 1. The summed E-state index contributed by atoms with van der Waals surface area (Å²) < 4.78 is 28.2. The molecule has 1 aromatic carbocycles. The van der Waals surface area contributed by atoms with E-state index in [0.29, 0.717) is 24.6 Å². The molecule has 1 amide bonds. The van der Waals surface area contributed by atoms with Crippen molar-refractivity contribution in [3.05, 3.63) is 47.0 Å². The van der Waals surface area contributed by atoms with E-state index in [0.717, 1.165) is 12.1 Å². The van der Waals surface area contributed by atoms with E-state index >= 15 is 0 Å². The van der Waals surface area contributed by atoms with Crippen molar-refractivity contribution in [2.75, 3.05) is 13.1 Å². The van der Waals surface area contributed by atoms with Crippen molar-refractivity contribution in [2.45, 2.75) is 52.0 Å². The van der Waals surface area contributed by atoms with Crippen LogP contribution in [0.2, 0.25) is 0 Å². The van der Waals surface area contributed by atoms with Crippen LogP contribution in [0.5, 0.6) is 0 Å². The van der Waals surface area contributed by atoms with Gasteiger partial charge in [-0.2, -0.15) is 0 Å². The van der Waals surface area contributed by atoms with Crippen LogP contribution in [0.15, 0.2) is 34.8 Å². The first-order chi connectivity index (χ1) is 12.5. The zero-order valence-electron chi connectivity index (χ0n) is 15.3. The second-order valence-corrected chi connectivity index (χ2v) is 7.35. The van der Waals surface area contributed by atoms with Gasteiger partial charge in [-0.1, -0.05) is 38.2 Å². The Morgan fingerprint density at radius 2 is 1.88 bits per heavy atom. The molecule has 1 saturated carbocycles. The molecule has 0 saturated heterocycles. The third-order valence-corrected chi connectivity index (χ3v) is 5.39. The second kappa shape index (κ2) is 8.56. The lowest BCUT2D eigenvalue weighted by Gasteiger charge is -2.28. The summed E-state index contributed by atoms with van der Waals surface area (Å²) in [5.74, 6) is -0.772. The second-order valence-electron chi connectivity index (χ2n) is 7.35. The molecule has 1 aliphatic carbocycles.